The first-order valence-corrected chi connectivity index (χ1v) is 4.97. The average molecular weight is 215 g/mol. The summed E-state index contributed by atoms with van der Waals surface area (Å²) in [7, 11) is 15.0. The molecule has 0 fully saturated rings. The zero-order chi connectivity index (χ0) is 12.3. The zero-order valence-corrected chi connectivity index (χ0v) is 9.91. The summed E-state index contributed by atoms with van der Waals surface area (Å²) in [5.74, 6) is 1.33. The first kappa shape index (κ1) is 13.0. The van der Waals surface area contributed by atoms with E-state index in [2.05, 4.69) is 0 Å². The summed E-state index contributed by atoms with van der Waals surface area (Å²) in [4.78, 5) is 0. The Balaban J connectivity index is 3.36. The third kappa shape index (κ3) is 2.35. The molecule has 4 radical (unpaired) electrons. The van der Waals surface area contributed by atoms with Gasteiger partial charge in [-0.2, -0.15) is 0 Å². The smallest absolute Gasteiger partial charge is 0.122 e. The molecule has 0 unspecified atom stereocenters. The second-order valence-electron chi connectivity index (χ2n) is 3.77. The van der Waals surface area contributed by atoms with Crippen molar-refractivity contribution < 1.29 is 9.47 Å². The van der Waals surface area contributed by atoms with Crippen LogP contribution in [0.4, 0.5) is 0 Å². The highest BCUT2D eigenvalue weighted by molar-refractivity contribution is 6.40. The van der Waals surface area contributed by atoms with E-state index >= 15 is 0 Å². The molecule has 1 rings (SSSR count). The lowest BCUT2D eigenvalue weighted by Gasteiger charge is -2.27. The van der Waals surface area contributed by atoms with Crippen LogP contribution in [0.25, 0.3) is 0 Å². The first-order valence-electron chi connectivity index (χ1n) is 4.97. The second-order valence-corrected chi connectivity index (χ2v) is 3.77. The topological polar surface area (TPSA) is 44.5 Å². The van der Waals surface area contributed by atoms with E-state index in [0.29, 0.717) is 17.1 Å². The minimum Gasteiger partial charge on any atom is -0.496 e. The predicted molar refractivity (Wildman–Crippen MR) is 66.5 cm³/mol. The van der Waals surface area contributed by atoms with Gasteiger partial charge in [0.15, 0.2) is 0 Å². The largest absolute Gasteiger partial charge is 0.496 e. The first-order chi connectivity index (χ1) is 7.46. The van der Waals surface area contributed by atoms with Gasteiger partial charge in [-0.05, 0) is 36.7 Å². The van der Waals surface area contributed by atoms with Gasteiger partial charge < -0.3 is 15.2 Å². The molecule has 82 valence electrons. The average Bonchev–Trinajstić information content (AvgIpc) is 2.28. The quantitative estimate of drug-likeness (QED) is 0.741. The SMILES string of the molecule is [B]C([B])(CN)c1cc(OC)c(C)cc1OC. The van der Waals surface area contributed by atoms with Gasteiger partial charge in [0.05, 0.1) is 29.9 Å². The van der Waals surface area contributed by atoms with Crippen LogP contribution in [-0.4, -0.2) is 36.5 Å². The number of rotatable bonds is 4. The zero-order valence-electron chi connectivity index (χ0n) is 9.91. The highest BCUT2D eigenvalue weighted by Gasteiger charge is 2.23. The molecular weight excluding hydrogens is 200 g/mol. The van der Waals surface area contributed by atoms with Crippen LogP contribution >= 0.6 is 0 Å². The fourth-order valence-electron chi connectivity index (χ4n) is 1.52. The highest BCUT2D eigenvalue weighted by Crippen LogP contribution is 2.33. The van der Waals surface area contributed by atoms with Crippen LogP contribution in [0.3, 0.4) is 0 Å². The van der Waals surface area contributed by atoms with Gasteiger partial charge in [-0.3, -0.25) is 0 Å². The Hall–Kier alpha value is -1.09. The molecule has 0 heterocycles. The Labute approximate surface area is 99.1 Å². The summed E-state index contributed by atoms with van der Waals surface area (Å²) in [6, 6.07) is 3.60. The molecule has 0 amide bonds. The number of hydrogen-bond acceptors (Lipinski definition) is 3. The molecule has 0 saturated heterocycles. The maximum Gasteiger partial charge on any atom is 0.122 e. The van der Waals surface area contributed by atoms with Gasteiger partial charge in [0.1, 0.15) is 11.5 Å². The Morgan fingerprint density at radius 3 is 2.19 bits per heavy atom. The van der Waals surface area contributed by atoms with E-state index in [4.69, 9.17) is 30.9 Å². The van der Waals surface area contributed by atoms with Crippen LogP contribution in [0.5, 0.6) is 11.5 Å². The van der Waals surface area contributed by atoms with Gasteiger partial charge in [-0.25, -0.2) is 0 Å². The molecule has 0 aliphatic heterocycles. The van der Waals surface area contributed by atoms with Crippen LogP contribution in [0.15, 0.2) is 12.1 Å². The van der Waals surface area contributed by atoms with Crippen LogP contribution in [0, 0.1) is 6.92 Å². The molecule has 0 aliphatic rings. The molecule has 0 saturated carbocycles. The van der Waals surface area contributed by atoms with Crippen LogP contribution in [0.1, 0.15) is 11.1 Å². The molecule has 16 heavy (non-hydrogen) atoms. The van der Waals surface area contributed by atoms with Crippen molar-refractivity contribution in [2.45, 2.75) is 12.1 Å². The third-order valence-corrected chi connectivity index (χ3v) is 2.56. The van der Waals surface area contributed by atoms with Crippen molar-refractivity contribution in [3.05, 3.63) is 23.3 Å². The van der Waals surface area contributed by atoms with Crippen molar-refractivity contribution in [3.8, 4) is 11.5 Å². The molecule has 1 aromatic carbocycles. The van der Waals surface area contributed by atoms with Crippen LogP contribution < -0.4 is 15.2 Å². The lowest BCUT2D eigenvalue weighted by molar-refractivity contribution is 0.395. The normalized spacial score (nSPS) is 11.2. The molecular formula is C11H15B2NO2. The lowest BCUT2D eigenvalue weighted by atomic mass is 9.51. The number of benzene rings is 1. The molecule has 1 aromatic rings. The van der Waals surface area contributed by atoms with Gasteiger partial charge in [0.25, 0.3) is 0 Å². The molecule has 0 spiro atoms. The van der Waals surface area contributed by atoms with E-state index in [1.54, 1.807) is 20.3 Å². The van der Waals surface area contributed by atoms with Crippen molar-refractivity contribution in [2.24, 2.45) is 5.73 Å². The monoisotopic (exact) mass is 215 g/mol. The van der Waals surface area contributed by atoms with E-state index in [1.807, 2.05) is 13.0 Å². The van der Waals surface area contributed by atoms with Crippen LogP contribution in [-0.2, 0) is 5.21 Å². The molecule has 3 nitrogen and oxygen atoms in total. The Kier molecular flexibility index (Phi) is 3.92. The van der Waals surface area contributed by atoms with Gasteiger partial charge in [0.2, 0.25) is 0 Å². The van der Waals surface area contributed by atoms with E-state index in [-0.39, 0.29) is 6.54 Å². The Morgan fingerprint density at radius 1 is 1.19 bits per heavy atom. The summed E-state index contributed by atoms with van der Waals surface area (Å²) in [5.41, 5.74) is 7.14. The van der Waals surface area contributed by atoms with E-state index in [0.717, 1.165) is 5.56 Å². The number of hydrogen-bond donors (Lipinski definition) is 1. The summed E-state index contributed by atoms with van der Waals surface area (Å²) in [5, 5.41) is -1.12. The number of aryl methyl sites for hydroxylation is 1. The summed E-state index contributed by atoms with van der Waals surface area (Å²) in [6.07, 6.45) is 0. The maximum atomic E-state index is 5.90. The molecule has 0 atom stereocenters. The lowest BCUT2D eigenvalue weighted by Crippen LogP contribution is -2.36. The van der Waals surface area contributed by atoms with Gasteiger partial charge in [-0.15, -0.1) is 0 Å². The van der Waals surface area contributed by atoms with Crippen LogP contribution in [0.2, 0.25) is 0 Å². The fraction of sp³-hybridized carbons (Fsp3) is 0.455. The Morgan fingerprint density at radius 2 is 1.75 bits per heavy atom. The third-order valence-electron chi connectivity index (χ3n) is 2.56. The van der Waals surface area contributed by atoms with Crippen molar-refractivity contribution in [1.82, 2.24) is 0 Å². The number of nitrogens with two attached hydrogens (primary N) is 1. The Bertz CT molecular complexity index is 380. The molecule has 0 aromatic heterocycles. The fourth-order valence-corrected chi connectivity index (χ4v) is 1.52. The molecule has 0 bridgehead atoms. The minimum absolute atomic E-state index is 0.121. The van der Waals surface area contributed by atoms with E-state index < -0.39 is 5.21 Å². The van der Waals surface area contributed by atoms with Gasteiger partial charge in [-0.1, -0.05) is 5.21 Å². The summed E-state index contributed by atoms with van der Waals surface area (Å²) < 4.78 is 10.5. The number of methoxy groups -OCH3 is 2. The summed E-state index contributed by atoms with van der Waals surface area (Å²) >= 11 is 0. The van der Waals surface area contributed by atoms with E-state index in [1.165, 1.54) is 0 Å². The molecule has 5 heteroatoms. The predicted octanol–water partition coefficient (Wildman–Crippen LogP) is 0.461. The summed E-state index contributed by atoms with van der Waals surface area (Å²) in [6.45, 7) is 2.04. The maximum absolute atomic E-state index is 5.90. The minimum atomic E-state index is -1.12. The standard InChI is InChI=1S/C11H15B2NO2/c1-7-4-10(16-3)8(5-9(7)15-2)11(12,13)6-14/h4-5H,6,14H2,1-3H3. The molecule has 2 N–H and O–H groups in total. The van der Waals surface area contributed by atoms with Crippen molar-refractivity contribution >= 4 is 15.7 Å². The van der Waals surface area contributed by atoms with Crippen molar-refractivity contribution in [1.29, 1.82) is 0 Å². The van der Waals surface area contributed by atoms with Crippen molar-refractivity contribution in [2.75, 3.05) is 20.8 Å². The second kappa shape index (κ2) is 4.83. The van der Waals surface area contributed by atoms with E-state index in [9.17, 15) is 0 Å². The van der Waals surface area contributed by atoms with Gasteiger partial charge in [0, 0.05) is 0 Å². The number of ether oxygens (including phenoxy) is 2. The molecule has 0 aliphatic carbocycles. The highest BCUT2D eigenvalue weighted by atomic mass is 16.5. The van der Waals surface area contributed by atoms with Gasteiger partial charge >= 0.3 is 0 Å². The van der Waals surface area contributed by atoms with Crippen molar-refractivity contribution in [3.63, 3.8) is 0 Å².